The molecule has 0 spiro atoms. The number of likely N-dealkylation sites (N-methyl/N-ethyl adjacent to an activating group) is 1. The predicted molar refractivity (Wildman–Crippen MR) is 80.9 cm³/mol. The normalized spacial score (nSPS) is 10.8. The maximum absolute atomic E-state index is 6.10. The lowest BCUT2D eigenvalue weighted by Gasteiger charge is -2.09. The van der Waals surface area contributed by atoms with Gasteiger partial charge in [-0.15, -0.1) is 0 Å². The largest absolute Gasteiger partial charge is 0.455 e. The van der Waals surface area contributed by atoms with Gasteiger partial charge in [0, 0.05) is 12.1 Å². The van der Waals surface area contributed by atoms with E-state index >= 15 is 0 Å². The zero-order valence-corrected chi connectivity index (χ0v) is 11.5. The zero-order chi connectivity index (χ0) is 13.5. The molecule has 0 atom stereocenters. The Morgan fingerprint density at radius 2 is 1.74 bits per heavy atom. The topological polar surface area (TPSA) is 21.3 Å². The molecule has 2 aromatic carbocycles. The maximum atomic E-state index is 6.10. The number of rotatable bonds is 5. The van der Waals surface area contributed by atoms with Gasteiger partial charge in [0.1, 0.15) is 11.5 Å². The summed E-state index contributed by atoms with van der Waals surface area (Å²) in [6.07, 6.45) is 4.08. The number of halogens is 1. The summed E-state index contributed by atoms with van der Waals surface area (Å²) in [6, 6.07) is 15.3. The molecule has 0 unspecified atom stereocenters. The highest BCUT2D eigenvalue weighted by Gasteiger charge is 2.04. The highest BCUT2D eigenvalue weighted by molar-refractivity contribution is 6.32. The van der Waals surface area contributed by atoms with Gasteiger partial charge in [0.05, 0.1) is 5.02 Å². The van der Waals surface area contributed by atoms with Crippen molar-refractivity contribution >= 4 is 17.7 Å². The van der Waals surface area contributed by atoms with E-state index in [0.717, 1.165) is 17.9 Å². The van der Waals surface area contributed by atoms with E-state index in [0.29, 0.717) is 10.8 Å². The summed E-state index contributed by atoms with van der Waals surface area (Å²) in [7, 11) is 1.91. The molecule has 0 fully saturated rings. The minimum atomic E-state index is 0.608. The van der Waals surface area contributed by atoms with Crippen molar-refractivity contribution in [1.29, 1.82) is 0 Å². The highest BCUT2D eigenvalue weighted by atomic mass is 35.5. The van der Waals surface area contributed by atoms with Crippen LogP contribution in [0.5, 0.6) is 11.5 Å². The Bertz CT molecular complexity index is 566. The molecule has 1 N–H and O–H groups in total. The second kappa shape index (κ2) is 6.98. The lowest BCUT2D eigenvalue weighted by atomic mass is 10.2. The van der Waals surface area contributed by atoms with E-state index in [1.807, 2.05) is 61.7 Å². The van der Waals surface area contributed by atoms with E-state index in [4.69, 9.17) is 16.3 Å². The molecule has 0 aliphatic carbocycles. The smallest absolute Gasteiger partial charge is 0.146 e. The van der Waals surface area contributed by atoms with Crippen molar-refractivity contribution in [1.82, 2.24) is 5.32 Å². The lowest BCUT2D eigenvalue weighted by molar-refractivity contribution is 0.482. The molecule has 0 aromatic heterocycles. The summed E-state index contributed by atoms with van der Waals surface area (Å²) >= 11 is 6.10. The van der Waals surface area contributed by atoms with Gasteiger partial charge in [-0.3, -0.25) is 0 Å². The van der Waals surface area contributed by atoms with Crippen molar-refractivity contribution in [3.05, 3.63) is 65.2 Å². The molecule has 2 nitrogen and oxygen atoms in total. The lowest BCUT2D eigenvalue weighted by Crippen LogP contribution is -2.03. The fourth-order valence-corrected chi connectivity index (χ4v) is 1.84. The third kappa shape index (κ3) is 3.85. The number of hydrogen-bond donors (Lipinski definition) is 1. The van der Waals surface area contributed by atoms with Crippen molar-refractivity contribution in [3.63, 3.8) is 0 Å². The van der Waals surface area contributed by atoms with E-state index in [1.54, 1.807) is 0 Å². The van der Waals surface area contributed by atoms with Crippen molar-refractivity contribution in [2.75, 3.05) is 13.6 Å². The summed E-state index contributed by atoms with van der Waals surface area (Å²) in [5.41, 5.74) is 1.03. The molecular formula is C16H16ClNO. The maximum Gasteiger partial charge on any atom is 0.146 e. The van der Waals surface area contributed by atoms with Crippen molar-refractivity contribution in [2.45, 2.75) is 0 Å². The fraction of sp³-hybridized carbons (Fsp3) is 0.125. The first-order chi connectivity index (χ1) is 9.31. The van der Waals surface area contributed by atoms with Crippen LogP contribution in [0.2, 0.25) is 5.02 Å². The van der Waals surface area contributed by atoms with E-state index < -0.39 is 0 Å². The Morgan fingerprint density at radius 1 is 1.05 bits per heavy atom. The van der Waals surface area contributed by atoms with Gasteiger partial charge in [0.25, 0.3) is 0 Å². The van der Waals surface area contributed by atoms with Gasteiger partial charge in [-0.05, 0) is 25.2 Å². The van der Waals surface area contributed by atoms with Crippen LogP contribution in [-0.2, 0) is 0 Å². The molecule has 0 saturated heterocycles. The average Bonchev–Trinajstić information content (AvgIpc) is 2.43. The number of benzene rings is 2. The van der Waals surface area contributed by atoms with E-state index in [9.17, 15) is 0 Å². The third-order valence-electron chi connectivity index (χ3n) is 2.59. The number of nitrogens with one attached hydrogen (secondary N) is 1. The number of ether oxygens (including phenoxy) is 1. The van der Waals surface area contributed by atoms with Crippen molar-refractivity contribution in [2.24, 2.45) is 0 Å². The van der Waals surface area contributed by atoms with Crippen LogP contribution in [0.25, 0.3) is 6.08 Å². The van der Waals surface area contributed by atoms with Crippen LogP contribution in [0, 0.1) is 0 Å². The van der Waals surface area contributed by atoms with Crippen LogP contribution < -0.4 is 10.1 Å². The minimum absolute atomic E-state index is 0.608. The highest BCUT2D eigenvalue weighted by Crippen LogP contribution is 2.31. The van der Waals surface area contributed by atoms with Gasteiger partial charge < -0.3 is 10.1 Å². The van der Waals surface area contributed by atoms with Crippen LogP contribution in [0.3, 0.4) is 0 Å². The molecule has 0 aliphatic rings. The number of para-hydroxylation sites is 2. The van der Waals surface area contributed by atoms with E-state index in [1.165, 1.54) is 0 Å². The average molecular weight is 274 g/mol. The Morgan fingerprint density at radius 3 is 2.47 bits per heavy atom. The summed E-state index contributed by atoms with van der Waals surface area (Å²) in [6.45, 7) is 0.820. The molecule has 0 amide bonds. The van der Waals surface area contributed by atoms with Gasteiger partial charge in [-0.25, -0.2) is 0 Å². The summed E-state index contributed by atoms with van der Waals surface area (Å²) in [4.78, 5) is 0. The molecule has 0 bridgehead atoms. The van der Waals surface area contributed by atoms with Crippen LogP contribution in [0.4, 0.5) is 0 Å². The van der Waals surface area contributed by atoms with Gasteiger partial charge in [-0.2, -0.15) is 0 Å². The van der Waals surface area contributed by atoms with E-state index in [-0.39, 0.29) is 0 Å². The minimum Gasteiger partial charge on any atom is -0.455 e. The quantitative estimate of drug-likeness (QED) is 0.874. The van der Waals surface area contributed by atoms with Crippen LogP contribution in [0.15, 0.2) is 54.6 Å². The molecule has 2 rings (SSSR count). The van der Waals surface area contributed by atoms with Crippen molar-refractivity contribution in [3.8, 4) is 11.5 Å². The fourth-order valence-electron chi connectivity index (χ4n) is 1.66. The molecule has 0 heterocycles. The first-order valence-corrected chi connectivity index (χ1v) is 6.51. The van der Waals surface area contributed by atoms with Crippen LogP contribution in [-0.4, -0.2) is 13.6 Å². The SMILES string of the molecule is CNCC=Cc1ccccc1Oc1ccccc1Cl. The van der Waals surface area contributed by atoms with Crippen LogP contribution in [0.1, 0.15) is 5.56 Å². The van der Waals surface area contributed by atoms with E-state index in [2.05, 4.69) is 11.4 Å². The summed E-state index contributed by atoms with van der Waals surface area (Å²) in [5, 5.41) is 3.68. The second-order valence-corrected chi connectivity index (χ2v) is 4.44. The predicted octanol–water partition coefficient (Wildman–Crippen LogP) is 4.36. The first kappa shape index (κ1) is 13.7. The van der Waals surface area contributed by atoms with Gasteiger partial charge in [-0.1, -0.05) is 54.1 Å². The Kier molecular flexibility index (Phi) is 5.01. The second-order valence-electron chi connectivity index (χ2n) is 4.03. The first-order valence-electron chi connectivity index (χ1n) is 6.14. The Labute approximate surface area is 118 Å². The zero-order valence-electron chi connectivity index (χ0n) is 10.8. The monoisotopic (exact) mass is 273 g/mol. The molecule has 0 saturated carbocycles. The molecule has 0 aliphatic heterocycles. The third-order valence-corrected chi connectivity index (χ3v) is 2.91. The Hall–Kier alpha value is -1.77. The van der Waals surface area contributed by atoms with Gasteiger partial charge >= 0.3 is 0 Å². The molecular weight excluding hydrogens is 258 g/mol. The van der Waals surface area contributed by atoms with Crippen LogP contribution >= 0.6 is 11.6 Å². The summed E-state index contributed by atoms with van der Waals surface area (Å²) < 4.78 is 5.87. The van der Waals surface area contributed by atoms with Crippen molar-refractivity contribution < 1.29 is 4.74 Å². The molecule has 98 valence electrons. The molecule has 3 heteroatoms. The number of hydrogen-bond acceptors (Lipinski definition) is 2. The molecule has 2 aromatic rings. The van der Waals surface area contributed by atoms with Gasteiger partial charge in [0.2, 0.25) is 0 Å². The molecule has 0 radical (unpaired) electrons. The standard InChI is InChI=1S/C16H16ClNO/c1-18-12-6-8-13-7-2-4-10-15(13)19-16-11-5-3-9-14(16)17/h2-11,18H,12H2,1H3. The summed E-state index contributed by atoms with van der Waals surface area (Å²) in [5.74, 6) is 1.46. The van der Waals surface area contributed by atoms with Gasteiger partial charge in [0.15, 0.2) is 0 Å². The molecule has 19 heavy (non-hydrogen) atoms. The Balaban J connectivity index is 2.23.